The molecule has 6 rings (SSSR count). The molecule has 1 heterocycles. The van der Waals surface area contributed by atoms with Crippen LogP contribution in [0.3, 0.4) is 0 Å². The highest BCUT2D eigenvalue weighted by Gasteiger charge is 2.50. The van der Waals surface area contributed by atoms with Crippen molar-refractivity contribution in [3.8, 4) is 23.0 Å². The molecule has 2 aliphatic carbocycles. The van der Waals surface area contributed by atoms with Crippen molar-refractivity contribution in [2.75, 3.05) is 13.7 Å². The number of aliphatic hydroxyl groups is 3. The Balaban J connectivity index is 1.33. The number of nitrogens with two attached hydrogens (primary N) is 1. The predicted octanol–water partition coefficient (Wildman–Crippen LogP) is 0.434. The van der Waals surface area contributed by atoms with Gasteiger partial charge in [0, 0.05) is 36.0 Å². The number of carbonyl (C=O) groups is 4. The van der Waals surface area contributed by atoms with Crippen molar-refractivity contribution in [3.05, 3.63) is 81.4 Å². The Bertz CT molecular complexity index is 1910. The molecule has 3 aromatic carbocycles. The van der Waals surface area contributed by atoms with Crippen LogP contribution in [0.25, 0.3) is 0 Å². The number of fused-ring (bicyclic) bond motifs is 3. The van der Waals surface area contributed by atoms with Crippen molar-refractivity contribution in [3.63, 3.8) is 0 Å². The van der Waals surface area contributed by atoms with Gasteiger partial charge in [-0.1, -0.05) is 24.3 Å². The molecule has 0 spiro atoms. The first-order valence-electron chi connectivity index (χ1n) is 16.3. The minimum absolute atomic E-state index is 0.0518. The monoisotopic (exact) mass is 706 g/mol. The van der Waals surface area contributed by atoms with Gasteiger partial charge in [0.1, 0.15) is 41.3 Å². The van der Waals surface area contributed by atoms with Crippen LogP contribution >= 0.6 is 0 Å². The quantitative estimate of drug-likeness (QED) is 0.110. The zero-order chi connectivity index (χ0) is 36.9. The van der Waals surface area contributed by atoms with Crippen molar-refractivity contribution in [2.24, 2.45) is 5.73 Å². The minimum Gasteiger partial charge on any atom is -0.508 e. The second-order valence-corrected chi connectivity index (χ2v) is 13.1. The standard InChI is InChI=1S/C36H38N2O13/c1-15-30(42)21(38-35(47)20(37)10-16-6-8-17(40)9-7-16)11-25(50-15)51-23-13-36(48,24(41)14-39)12-19-27(23)34(46)29-28(32(19)44)31(43)18-4-3-5-22(49-2)26(18)33(29)45/h3-9,15,20-21,23,25,30,39-40,42,44,46,48H,10-14,37H2,1-2H3,(H,38,47)/t15?,20-,21?,23-,25?,30?,36-/m0/s1. The van der Waals surface area contributed by atoms with Crippen LogP contribution in [0.5, 0.6) is 23.0 Å². The van der Waals surface area contributed by atoms with Gasteiger partial charge in [-0.3, -0.25) is 19.2 Å². The zero-order valence-electron chi connectivity index (χ0n) is 27.7. The Morgan fingerprint density at radius 2 is 1.73 bits per heavy atom. The third-order valence-corrected chi connectivity index (χ3v) is 9.82. The van der Waals surface area contributed by atoms with Crippen molar-refractivity contribution >= 4 is 23.3 Å². The van der Waals surface area contributed by atoms with E-state index in [-0.39, 0.29) is 46.6 Å². The minimum atomic E-state index is -2.35. The number of nitrogens with one attached hydrogen (secondary N) is 1. The average Bonchev–Trinajstić information content (AvgIpc) is 3.10. The first-order valence-corrected chi connectivity index (χ1v) is 16.3. The molecular weight excluding hydrogens is 668 g/mol. The van der Waals surface area contributed by atoms with Crippen molar-refractivity contribution in [1.82, 2.24) is 5.32 Å². The van der Waals surface area contributed by atoms with E-state index in [4.69, 9.17) is 19.9 Å². The molecule has 1 fully saturated rings. The number of methoxy groups -OCH3 is 1. The average molecular weight is 707 g/mol. The van der Waals surface area contributed by atoms with Crippen molar-refractivity contribution in [2.45, 2.75) is 74.9 Å². The van der Waals surface area contributed by atoms with E-state index in [2.05, 4.69) is 5.32 Å². The summed E-state index contributed by atoms with van der Waals surface area (Å²) in [5.41, 5.74) is 2.75. The highest BCUT2D eigenvalue weighted by Crippen LogP contribution is 2.52. The SMILES string of the molecule is COc1cccc2c1C(=O)c1c(O)c3c(c(O)c1C2=O)C[C@@](O)(C(=O)CO)C[C@@H]3OC1CC(NC(=O)[C@@H](N)Cc2ccc(O)cc2)C(O)C(C)O1. The van der Waals surface area contributed by atoms with Crippen LogP contribution in [0.2, 0.25) is 0 Å². The number of benzene rings is 3. The van der Waals surface area contributed by atoms with Gasteiger partial charge in [-0.25, -0.2) is 0 Å². The summed E-state index contributed by atoms with van der Waals surface area (Å²) in [6.45, 7) is 0.438. The lowest BCUT2D eigenvalue weighted by Crippen LogP contribution is -2.58. The number of amides is 1. The molecule has 4 unspecified atom stereocenters. The highest BCUT2D eigenvalue weighted by atomic mass is 16.7. The highest BCUT2D eigenvalue weighted by molar-refractivity contribution is 6.31. The first-order chi connectivity index (χ1) is 24.2. The van der Waals surface area contributed by atoms with Crippen LogP contribution in [0.1, 0.15) is 74.4 Å². The van der Waals surface area contributed by atoms with Gasteiger partial charge in [0.15, 0.2) is 17.9 Å². The summed E-state index contributed by atoms with van der Waals surface area (Å²) >= 11 is 0. The van der Waals surface area contributed by atoms with Crippen LogP contribution < -0.4 is 15.8 Å². The van der Waals surface area contributed by atoms with Gasteiger partial charge in [-0.2, -0.15) is 0 Å². The number of carbonyl (C=O) groups excluding carboxylic acids is 4. The lowest BCUT2D eigenvalue weighted by molar-refractivity contribution is -0.249. The molecule has 1 amide bonds. The molecule has 3 aliphatic rings. The van der Waals surface area contributed by atoms with Crippen molar-refractivity contribution in [1.29, 1.82) is 0 Å². The zero-order valence-corrected chi connectivity index (χ0v) is 27.7. The molecule has 7 atom stereocenters. The Labute approximate surface area is 291 Å². The maximum atomic E-state index is 13.9. The topological polar surface area (TPSA) is 255 Å². The van der Waals surface area contributed by atoms with E-state index in [1.807, 2.05) is 0 Å². The Morgan fingerprint density at radius 3 is 2.39 bits per heavy atom. The summed E-state index contributed by atoms with van der Waals surface area (Å²) in [5, 5.41) is 67.6. The number of rotatable bonds is 9. The Hall–Kier alpha value is -4.90. The number of hydrogen-bond acceptors (Lipinski definition) is 14. The molecular formula is C36H38N2O13. The fraction of sp³-hybridized carbons (Fsp3) is 0.389. The third-order valence-electron chi connectivity index (χ3n) is 9.82. The number of ketones is 3. The first kappa shape index (κ1) is 35.9. The van der Waals surface area contributed by atoms with Crippen molar-refractivity contribution < 1.29 is 64.0 Å². The number of aromatic hydroxyl groups is 3. The van der Waals surface area contributed by atoms with Gasteiger partial charge in [0.05, 0.1) is 48.1 Å². The molecule has 9 N–H and O–H groups in total. The normalized spacial score (nSPS) is 26.0. The van der Waals surface area contributed by atoms with Gasteiger partial charge < -0.3 is 55.9 Å². The molecule has 0 saturated carbocycles. The molecule has 1 saturated heterocycles. The van der Waals surface area contributed by atoms with Crippen LogP contribution in [0, 0.1) is 0 Å². The number of phenolic OH excluding ortho intramolecular Hbond substituents is 3. The molecule has 0 bridgehead atoms. The van der Waals surface area contributed by atoms with E-state index in [9.17, 15) is 49.8 Å². The number of hydrogen-bond donors (Lipinski definition) is 8. The summed E-state index contributed by atoms with van der Waals surface area (Å²) < 4.78 is 17.4. The van der Waals surface area contributed by atoms with Gasteiger partial charge in [-0.15, -0.1) is 0 Å². The number of phenols is 3. The fourth-order valence-corrected chi connectivity index (χ4v) is 7.13. The largest absolute Gasteiger partial charge is 0.508 e. The van der Waals surface area contributed by atoms with Crippen LogP contribution in [-0.4, -0.2) is 104 Å². The van der Waals surface area contributed by atoms with Gasteiger partial charge >= 0.3 is 0 Å². The molecule has 3 aromatic rings. The van der Waals surface area contributed by atoms with E-state index in [0.29, 0.717) is 5.56 Å². The molecule has 15 heteroatoms. The fourth-order valence-electron chi connectivity index (χ4n) is 7.13. The Morgan fingerprint density at radius 1 is 1.04 bits per heavy atom. The number of aliphatic hydroxyl groups excluding tert-OH is 2. The summed E-state index contributed by atoms with van der Waals surface area (Å²) in [7, 11) is 1.30. The summed E-state index contributed by atoms with van der Waals surface area (Å²) in [4.78, 5) is 53.6. The summed E-state index contributed by atoms with van der Waals surface area (Å²) in [6.07, 6.45) is -6.16. The molecule has 15 nitrogen and oxygen atoms in total. The molecule has 0 aromatic heterocycles. The van der Waals surface area contributed by atoms with E-state index in [1.165, 1.54) is 44.4 Å². The Kier molecular flexibility index (Phi) is 9.63. The predicted molar refractivity (Wildman–Crippen MR) is 175 cm³/mol. The van der Waals surface area contributed by atoms with E-state index >= 15 is 0 Å². The maximum Gasteiger partial charge on any atom is 0.237 e. The van der Waals surface area contributed by atoms with Crippen LogP contribution in [0.4, 0.5) is 0 Å². The van der Waals surface area contributed by atoms with Gasteiger partial charge in [-0.05, 0) is 37.1 Å². The smallest absolute Gasteiger partial charge is 0.237 e. The number of Topliss-reactive ketones (excluding diaryl/α,β-unsaturated/α-hetero) is 1. The number of ether oxygens (including phenoxy) is 3. The molecule has 0 radical (unpaired) electrons. The van der Waals surface area contributed by atoms with E-state index in [1.54, 1.807) is 12.1 Å². The summed E-state index contributed by atoms with van der Waals surface area (Å²) in [5.74, 6) is -4.64. The molecule has 51 heavy (non-hydrogen) atoms. The van der Waals surface area contributed by atoms with Gasteiger partial charge in [0.2, 0.25) is 11.7 Å². The van der Waals surface area contributed by atoms with E-state index < -0.39 is 108 Å². The second-order valence-electron chi connectivity index (χ2n) is 13.1. The van der Waals surface area contributed by atoms with Crippen LogP contribution in [-0.2, 0) is 31.9 Å². The molecule has 1 aliphatic heterocycles. The third kappa shape index (κ3) is 6.32. The lowest BCUT2D eigenvalue weighted by atomic mass is 9.72. The second kappa shape index (κ2) is 13.7. The maximum absolute atomic E-state index is 13.9. The lowest BCUT2D eigenvalue weighted by Gasteiger charge is -2.43. The van der Waals surface area contributed by atoms with Crippen LogP contribution in [0.15, 0.2) is 42.5 Å². The summed E-state index contributed by atoms with van der Waals surface area (Å²) in [6, 6.07) is 8.46. The van der Waals surface area contributed by atoms with E-state index in [0.717, 1.165) is 0 Å². The molecule has 270 valence electrons. The van der Waals surface area contributed by atoms with Gasteiger partial charge in [0.25, 0.3) is 0 Å².